The highest BCUT2D eigenvalue weighted by molar-refractivity contribution is 6.31. The molecule has 0 atom stereocenters. The van der Waals surface area contributed by atoms with Crippen molar-refractivity contribution >= 4 is 17.3 Å². The monoisotopic (exact) mass is 288 g/mol. The smallest absolute Gasteiger partial charge is 0.124 e. The quantitative estimate of drug-likeness (QED) is 0.922. The molecule has 2 N–H and O–H groups in total. The standard InChI is InChI=1S/C16H17ClN2O/c17-15-9-14(6-5-12(15)10-18)19-7-8-20-16-4-2-1-3-13(16)11-19/h1-6,9H,7-8,10-11,18H2. The van der Waals surface area contributed by atoms with Crippen LogP contribution in [0.4, 0.5) is 5.69 Å². The lowest BCUT2D eigenvalue weighted by Gasteiger charge is -2.22. The van der Waals surface area contributed by atoms with Gasteiger partial charge in [-0.05, 0) is 23.8 Å². The zero-order chi connectivity index (χ0) is 13.9. The first-order chi connectivity index (χ1) is 9.78. The number of benzene rings is 2. The summed E-state index contributed by atoms with van der Waals surface area (Å²) in [7, 11) is 0. The maximum atomic E-state index is 6.25. The number of halogens is 1. The molecule has 1 heterocycles. The molecule has 0 spiro atoms. The molecule has 3 rings (SSSR count). The van der Waals surface area contributed by atoms with Crippen LogP contribution in [0.5, 0.6) is 5.75 Å². The van der Waals surface area contributed by atoms with Crippen LogP contribution in [0.3, 0.4) is 0 Å². The molecule has 20 heavy (non-hydrogen) atoms. The number of fused-ring (bicyclic) bond motifs is 1. The Labute approximate surface area is 123 Å². The van der Waals surface area contributed by atoms with Crippen molar-refractivity contribution in [1.82, 2.24) is 0 Å². The highest BCUT2D eigenvalue weighted by atomic mass is 35.5. The summed E-state index contributed by atoms with van der Waals surface area (Å²) in [5.41, 5.74) is 8.93. The van der Waals surface area contributed by atoms with Crippen LogP contribution in [0.15, 0.2) is 42.5 Å². The van der Waals surface area contributed by atoms with Gasteiger partial charge in [-0.1, -0.05) is 35.9 Å². The fraction of sp³-hybridized carbons (Fsp3) is 0.250. The summed E-state index contributed by atoms with van der Waals surface area (Å²) in [6.07, 6.45) is 0. The number of rotatable bonds is 2. The zero-order valence-electron chi connectivity index (χ0n) is 11.2. The molecule has 0 radical (unpaired) electrons. The van der Waals surface area contributed by atoms with Crippen LogP contribution in [0.25, 0.3) is 0 Å². The van der Waals surface area contributed by atoms with E-state index in [4.69, 9.17) is 22.1 Å². The molecule has 104 valence electrons. The van der Waals surface area contributed by atoms with Gasteiger partial charge in [0.25, 0.3) is 0 Å². The van der Waals surface area contributed by atoms with Gasteiger partial charge in [0.15, 0.2) is 0 Å². The van der Waals surface area contributed by atoms with Gasteiger partial charge in [0, 0.05) is 29.4 Å². The van der Waals surface area contributed by atoms with E-state index in [-0.39, 0.29) is 0 Å². The van der Waals surface area contributed by atoms with Gasteiger partial charge in [-0.15, -0.1) is 0 Å². The van der Waals surface area contributed by atoms with E-state index in [1.165, 1.54) is 5.56 Å². The lowest BCUT2D eigenvalue weighted by atomic mass is 10.1. The van der Waals surface area contributed by atoms with Crippen LogP contribution >= 0.6 is 11.6 Å². The molecule has 1 aliphatic rings. The summed E-state index contributed by atoms with van der Waals surface area (Å²) in [4.78, 5) is 2.28. The molecule has 2 aromatic carbocycles. The van der Waals surface area contributed by atoms with Crippen LogP contribution in [-0.2, 0) is 13.1 Å². The lowest BCUT2D eigenvalue weighted by molar-refractivity contribution is 0.331. The molecule has 0 aromatic heterocycles. The largest absolute Gasteiger partial charge is 0.491 e. The minimum atomic E-state index is 0.463. The topological polar surface area (TPSA) is 38.5 Å². The van der Waals surface area contributed by atoms with Gasteiger partial charge in [0.05, 0.1) is 6.54 Å². The molecule has 0 amide bonds. The van der Waals surface area contributed by atoms with E-state index >= 15 is 0 Å². The Bertz CT molecular complexity index is 615. The Morgan fingerprint density at radius 1 is 1.20 bits per heavy atom. The van der Waals surface area contributed by atoms with Crippen molar-refractivity contribution in [2.45, 2.75) is 13.1 Å². The van der Waals surface area contributed by atoms with Crippen molar-refractivity contribution < 1.29 is 4.74 Å². The molecule has 0 unspecified atom stereocenters. The number of hydrogen-bond acceptors (Lipinski definition) is 3. The summed E-state index contributed by atoms with van der Waals surface area (Å²) in [6.45, 7) is 2.81. The van der Waals surface area contributed by atoms with E-state index in [0.717, 1.165) is 35.1 Å². The van der Waals surface area contributed by atoms with Gasteiger partial charge < -0.3 is 15.4 Å². The van der Waals surface area contributed by atoms with Crippen molar-refractivity contribution in [3.8, 4) is 5.75 Å². The van der Waals surface area contributed by atoms with Gasteiger partial charge in [-0.2, -0.15) is 0 Å². The van der Waals surface area contributed by atoms with E-state index < -0.39 is 0 Å². The average molecular weight is 289 g/mol. The van der Waals surface area contributed by atoms with E-state index in [1.54, 1.807) is 0 Å². The molecule has 4 heteroatoms. The third kappa shape index (κ3) is 2.60. The van der Waals surface area contributed by atoms with Gasteiger partial charge in [-0.25, -0.2) is 0 Å². The first-order valence-electron chi connectivity index (χ1n) is 6.72. The molecule has 0 saturated carbocycles. The zero-order valence-corrected chi connectivity index (χ0v) is 11.9. The Balaban J connectivity index is 1.89. The Morgan fingerprint density at radius 2 is 2.05 bits per heavy atom. The van der Waals surface area contributed by atoms with Gasteiger partial charge in [0.1, 0.15) is 12.4 Å². The predicted octanol–water partition coefficient (Wildman–Crippen LogP) is 3.20. The molecule has 0 fully saturated rings. The van der Waals surface area contributed by atoms with E-state index in [1.807, 2.05) is 30.3 Å². The number of nitrogens with zero attached hydrogens (tertiary/aromatic N) is 1. The Hall–Kier alpha value is -1.71. The van der Waals surface area contributed by atoms with Crippen LogP contribution in [0.2, 0.25) is 5.02 Å². The number of para-hydroxylation sites is 1. The SMILES string of the molecule is NCc1ccc(N2CCOc3ccccc3C2)cc1Cl. The first-order valence-corrected chi connectivity index (χ1v) is 7.10. The van der Waals surface area contributed by atoms with Crippen LogP contribution in [-0.4, -0.2) is 13.2 Å². The van der Waals surface area contributed by atoms with E-state index in [2.05, 4.69) is 17.0 Å². The highest BCUT2D eigenvalue weighted by Gasteiger charge is 2.15. The normalized spacial score (nSPS) is 14.4. The second-order valence-corrected chi connectivity index (χ2v) is 5.26. The van der Waals surface area contributed by atoms with E-state index in [9.17, 15) is 0 Å². The lowest BCUT2D eigenvalue weighted by Crippen LogP contribution is -2.25. The fourth-order valence-electron chi connectivity index (χ4n) is 2.44. The number of hydrogen-bond donors (Lipinski definition) is 1. The predicted molar refractivity (Wildman–Crippen MR) is 82.3 cm³/mol. The Kier molecular flexibility index (Phi) is 3.81. The molecule has 0 saturated heterocycles. The molecule has 3 nitrogen and oxygen atoms in total. The maximum absolute atomic E-state index is 6.25. The minimum Gasteiger partial charge on any atom is -0.491 e. The molecule has 0 aliphatic carbocycles. The minimum absolute atomic E-state index is 0.463. The molecule has 1 aliphatic heterocycles. The third-order valence-electron chi connectivity index (χ3n) is 3.57. The number of nitrogens with two attached hydrogens (primary N) is 1. The fourth-order valence-corrected chi connectivity index (χ4v) is 2.70. The van der Waals surface area contributed by atoms with Gasteiger partial charge in [-0.3, -0.25) is 0 Å². The molecular formula is C16H17ClN2O. The number of ether oxygens (including phenoxy) is 1. The Morgan fingerprint density at radius 3 is 2.85 bits per heavy atom. The third-order valence-corrected chi connectivity index (χ3v) is 3.93. The summed E-state index contributed by atoms with van der Waals surface area (Å²) < 4.78 is 5.78. The van der Waals surface area contributed by atoms with Crippen molar-refractivity contribution in [3.05, 3.63) is 58.6 Å². The molecular weight excluding hydrogens is 272 g/mol. The molecule has 2 aromatic rings. The second kappa shape index (κ2) is 5.73. The van der Waals surface area contributed by atoms with Gasteiger partial charge in [0.2, 0.25) is 0 Å². The summed E-state index contributed by atoms with van der Waals surface area (Å²) in [5.74, 6) is 0.972. The molecule has 0 bridgehead atoms. The van der Waals surface area contributed by atoms with Crippen molar-refractivity contribution in [1.29, 1.82) is 0 Å². The highest BCUT2D eigenvalue weighted by Crippen LogP contribution is 2.28. The van der Waals surface area contributed by atoms with E-state index in [0.29, 0.717) is 13.2 Å². The number of anilines is 1. The van der Waals surface area contributed by atoms with Gasteiger partial charge >= 0.3 is 0 Å². The van der Waals surface area contributed by atoms with Crippen molar-refractivity contribution in [2.24, 2.45) is 5.73 Å². The first kappa shape index (κ1) is 13.3. The average Bonchev–Trinajstić information content (AvgIpc) is 2.69. The van der Waals surface area contributed by atoms with Crippen LogP contribution in [0.1, 0.15) is 11.1 Å². The van der Waals surface area contributed by atoms with Crippen molar-refractivity contribution in [3.63, 3.8) is 0 Å². The van der Waals surface area contributed by atoms with Crippen LogP contribution < -0.4 is 15.4 Å². The summed E-state index contributed by atoms with van der Waals surface area (Å²) >= 11 is 6.25. The maximum Gasteiger partial charge on any atom is 0.124 e. The summed E-state index contributed by atoms with van der Waals surface area (Å²) in [6, 6.07) is 14.2. The summed E-state index contributed by atoms with van der Waals surface area (Å²) in [5, 5.41) is 0.725. The van der Waals surface area contributed by atoms with Crippen LogP contribution in [0, 0.1) is 0 Å². The second-order valence-electron chi connectivity index (χ2n) is 4.86. The van der Waals surface area contributed by atoms with Crippen molar-refractivity contribution in [2.75, 3.05) is 18.1 Å².